The van der Waals surface area contributed by atoms with Gasteiger partial charge in [0, 0.05) is 5.56 Å². The van der Waals surface area contributed by atoms with E-state index >= 15 is 0 Å². The van der Waals surface area contributed by atoms with Gasteiger partial charge in [0.1, 0.15) is 0 Å². The van der Waals surface area contributed by atoms with Crippen LogP contribution in [0.5, 0.6) is 0 Å². The van der Waals surface area contributed by atoms with Gasteiger partial charge in [-0.3, -0.25) is 0 Å². The number of thioether (sulfide) groups is 1. The van der Waals surface area contributed by atoms with Crippen molar-refractivity contribution in [3.63, 3.8) is 0 Å². The topological polar surface area (TPSA) is 64.9 Å². The highest BCUT2D eigenvalue weighted by molar-refractivity contribution is 7.99. The molecule has 2 N–H and O–H groups in total. The van der Waals surface area contributed by atoms with Crippen molar-refractivity contribution >= 4 is 40.7 Å². The van der Waals surface area contributed by atoms with Crippen molar-refractivity contribution in [1.82, 2.24) is 10.1 Å². The van der Waals surface area contributed by atoms with Crippen LogP contribution in [0.25, 0.3) is 11.5 Å². The SMILES string of the molecule is Nc1c(Cl)cc(-c2nc(C3CCCCS3)no2)cc1Cl. The summed E-state index contributed by atoms with van der Waals surface area (Å²) in [4.78, 5) is 4.46. The maximum absolute atomic E-state index is 6.02. The van der Waals surface area contributed by atoms with E-state index in [1.54, 1.807) is 12.1 Å². The molecule has 1 aromatic carbocycles. The number of aromatic nitrogens is 2. The Labute approximate surface area is 131 Å². The molecule has 1 aromatic heterocycles. The molecule has 3 rings (SSSR count). The molecule has 1 aliphatic rings. The summed E-state index contributed by atoms with van der Waals surface area (Å²) in [5.41, 5.74) is 6.77. The third-order valence-corrected chi connectivity index (χ3v) is 5.23. The summed E-state index contributed by atoms with van der Waals surface area (Å²) >= 11 is 13.9. The van der Waals surface area contributed by atoms with Gasteiger partial charge in [-0.15, -0.1) is 0 Å². The molecule has 2 aromatic rings. The predicted molar refractivity (Wildman–Crippen MR) is 83.2 cm³/mol. The second-order valence-electron chi connectivity index (χ2n) is 4.67. The molecule has 1 atom stereocenters. The second-order valence-corrected chi connectivity index (χ2v) is 6.79. The minimum Gasteiger partial charge on any atom is -0.396 e. The van der Waals surface area contributed by atoms with Crippen molar-refractivity contribution in [2.24, 2.45) is 0 Å². The lowest BCUT2D eigenvalue weighted by Gasteiger charge is -2.17. The predicted octanol–water partition coefficient (Wildman–Crippen LogP) is 4.58. The van der Waals surface area contributed by atoms with Crippen LogP contribution in [0.3, 0.4) is 0 Å². The summed E-state index contributed by atoms with van der Waals surface area (Å²) in [6.45, 7) is 0. The van der Waals surface area contributed by atoms with E-state index in [2.05, 4.69) is 10.1 Å². The number of benzene rings is 1. The van der Waals surface area contributed by atoms with Crippen LogP contribution in [0, 0.1) is 0 Å². The summed E-state index contributed by atoms with van der Waals surface area (Å²) in [6.07, 6.45) is 3.56. The van der Waals surface area contributed by atoms with Gasteiger partial charge in [0.15, 0.2) is 5.82 Å². The first kappa shape index (κ1) is 14.0. The van der Waals surface area contributed by atoms with E-state index in [0.29, 0.717) is 32.4 Å². The Morgan fingerprint density at radius 2 is 2.00 bits per heavy atom. The maximum atomic E-state index is 6.02. The van der Waals surface area contributed by atoms with Crippen LogP contribution in [0.1, 0.15) is 30.3 Å². The molecule has 0 radical (unpaired) electrons. The normalized spacial score (nSPS) is 19.2. The summed E-state index contributed by atoms with van der Waals surface area (Å²) in [5.74, 6) is 2.32. The second kappa shape index (κ2) is 5.84. The van der Waals surface area contributed by atoms with Gasteiger partial charge in [-0.25, -0.2) is 0 Å². The molecule has 1 saturated heterocycles. The van der Waals surface area contributed by atoms with Crippen LogP contribution in [0.2, 0.25) is 10.0 Å². The molecule has 0 bridgehead atoms. The Morgan fingerprint density at radius 1 is 1.25 bits per heavy atom. The van der Waals surface area contributed by atoms with Crippen LogP contribution in [-0.4, -0.2) is 15.9 Å². The Bertz CT molecular complexity index is 603. The van der Waals surface area contributed by atoms with Gasteiger partial charge in [0.25, 0.3) is 5.89 Å². The van der Waals surface area contributed by atoms with Crippen LogP contribution in [0.4, 0.5) is 5.69 Å². The Balaban J connectivity index is 1.89. The Kier molecular flexibility index (Phi) is 4.10. The quantitative estimate of drug-likeness (QED) is 0.816. The molecule has 7 heteroatoms. The smallest absolute Gasteiger partial charge is 0.258 e. The molecular formula is C13H13Cl2N3OS. The number of nitrogens with two attached hydrogens (primary N) is 1. The van der Waals surface area contributed by atoms with E-state index in [-0.39, 0.29) is 0 Å². The zero-order valence-corrected chi connectivity index (χ0v) is 12.9. The number of halogens is 2. The number of anilines is 1. The standard InChI is InChI=1S/C13H13Cl2N3OS/c14-8-5-7(6-9(15)11(8)16)13-17-12(18-19-13)10-3-1-2-4-20-10/h5-6,10H,1-4,16H2. The lowest BCUT2D eigenvalue weighted by Crippen LogP contribution is -2.03. The van der Waals surface area contributed by atoms with Crippen molar-refractivity contribution in [1.29, 1.82) is 0 Å². The molecule has 0 saturated carbocycles. The van der Waals surface area contributed by atoms with Crippen molar-refractivity contribution < 1.29 is 4.52 Å². The maximum Gasteiger partial charge on any atom is 0.258 e. The van der Waals surface area contributed by atoms with E-state index in [0.717, 1.165) is 18.0 Å². The van der Waals surface area contributed by atoms with E-state index in [9.17, 15) is 0 Å². The zero-order chi connectivity index (χ0) is 14.1. The number of nitrogen functional groups attached to an aromatic ring is 1. The Hall–Kier alpha value is -0.910. The molecule has 1 fully saturated rings. The molecular weight excluding hydrogens is 317 g/mol. The fourth-order valence-electron chi connectivity index (χ4n) is 2.14. The van der Waals surface area contributed by atoms with E-state index in [1.165, 1.54) is 12.8 Å². The fraction of sp³-hybridized carbons (Fsp3) is 0.385. The first-order valence-electron chi connectivity index (χ1n) is 6.35. The highest BCUT2D eigenvalue weighted by Crippen LogP contribution is 2.38. The lowest BCUT2D eigenvalue weighted by molar-refractivity contribution is 0.420. The van der Waals surface area contributed by atoms with Gasteiger partial charge in [-0.2, -0.15) is 16.7 Å². The average molecular weight is 330 g/mol. The monoisotopic (exact) mass is 329 g/mol. The van der Waals surface area contributed by atoms with Gasteiger partial charge in [0.2, 0.25) is 0 Å². The van der Waals surface area contributed by atoms with Crippen LogP contribution in [0.15, 0.2) is 16.7 Å². The molecule has 4 nitrogen and oxygen atoms in total. The fourth-order valence-corrected chi connectivity index (χ4v) is 3.86. The minimum absolute atomic E-state index is 0.320. The summed E-state index contributed by atoms with van der Waals surface area (Å²) in [6, 6.07) is 3.38. The van der Waals surface area contributed by atoms with E-state index in [4.69, 9.17) is 33.5 Å². The highest BCUT2D eigenvalue weighted by atomic mass is 35.5. The van der Waals surface area contributed by atoms with Crippen molar-refractivity contribution in [3.8, 4) is 11.5 Å². The third kappa shape index (κ3) is 2.75. The van der Waals surface area contributed by atoms with Crippen LogP contribution >= 0.6 is 35.0 Å². The van der Waals surface area contributed by atoms with E-state index in [1.807, 2.05) is 11.8 Å². The van der Waals surface area contributed by atoms with E-state index < -0.39 is 0 Å². The van der Waals surface area contributed by atoms with Crippen LogP contribution < -0.4 is 5.73 Å². The largest absolute Gasteiger partial charge is 0.396 e. The third-order valence-electron chi connectivity index (χ3n) is 3.24. The highest BCUT2D eigenvalue weighted by Gasteiger charge is 2.22. The van der Waals surface area contributed by atoms with Crippen molar-refractivity contribution in [2.45, 2.75) is 24.5 Å². The number of hydrogen-bond donors (Lipinski definition) is 1. The van der Waals surface area contributed by atoms with Crippen molar-refractivity contribution in [2.75, 3.05) is 11.5 Å². The van der Waals surface area contributed by atoms with Gasteiger partial charge in [0.05, 0.1) is 21.0 Å². The number of nitrogens with zero attached hydrogens (tertiary/aromatic N) is 2. The molecule has 0 spiro atoms. The zero-order valence-electron chi connectivity index (χ0n) is 10.6. The van der Waals surface area contributed by atoms with Gasteiger partial charge in [-0.1, -0.05) is 34.8 Å². The summed E-state index contributed by atoms with van der Waals surface area (Å²) in [5, 5.41) is 5.17. The Morgan fingerprint density at radius 3 is 2.65 bits per heavy atom. The van der Waals surface area contributed by atoms with Gasteiger partial charge < -0.3 is 10.3 Å². The van der Waals surface area contributed by atoms with Crippen molar-refractivity contribution in [3.05, 3.63) is 28.0 Å². The molecule has 0 amide bonds. The lowest BCUT2D eigenvalue weighted by atomic mass is 10.2. The molecule has 20 heavy (non-hydrogen) atoms. The summed E-state index contributed by atoms with van der Waals surface area (Å²) < 4.78 is 5.32. The molecule has 2 heterocycles. The number of rotatable bonds is 2. The van der Waals surface area contributed by atoms with Gasteiger partial charge in [-0.05, 0) is 30.7 Å². The molecule has 1 unspecified atom stereocenters. The first-order chi connectivity index (χ1) is 9.65. The minimum atomic E-state index is 0.320. The molecule has 0 aliphatic carbocycles. The van der Waals surface area contributed by atoms with Gasteiger partial charge >= 0.3 is 0 Å². The van der Waals surface area contributed by atoms with Crippen LogP contribution in [-0.2, 0) is 0 Å². The summed E-state index contributed by atoms with van der Waals surface area (Å²) in [7, 11) is 0. The average Bonchev–Trinajstić information content (AvgIpc) is 2.95. The first-order valence-corrected chi connectivity index (χ1v) is 8.15. The molecule has 106 valence electrons. The number of hydrogen-bond acceptors (Lipinski definition) is 5. The molecule has 1 aliphatic heterocycles.